The van der Waals surface area contributed by atoms with Crippen LogP contribution in [0, 0.1) is 0 Å². The Labute approximate surface area is 101 Å². The molecule has 0 aliphatic carbocycles. The third-order valence-electron chi connectivity index (χ3n) is 4.01. The predicted octanol–water partition coefficient (Wildman–Crippen LogP) is 2.51. The zero-order valence-corrected chi connectivity index (χ0v) is 10.1. The number of ether oxygens (including phenoxy) is 1. The molecule has 1 aromatic carbocycles. The Balaban J connectivity index is 2.15. The minimum atomic E-state index is 0.680. The molecule has 17 heavy (non-hydrogen) atoms. The second-order valence-electron chi connectivity index (χ2n) is 4.92. The zero-order chi connectivity index (χ0) is 11.4. The molecule has 0 amide bonds. The normalized spacial score (nSPS) is 17.8. The monoisotopic (exact) mass is 228 g/mol. The molecule has 3 heterocycles. The highest BCUT2D eigenvalue weighted by Gasteiger charge is 2.26. The number of benzene rings is 1. The van der Waals surface area contributed by atoms with Crippen molar-refractivity contribution in [2.24, 2.45) is 0 Å². The maximum absolute atomic E-state index is 5.72. The zero-order valence-electron chi connectivity index (χ0n) is 10.1. The molecule has 0 radical (unpaired) electrons. The van der Waals surface area contributed by atoms with Crippen LogP contribution in [0.2, 0.25) is 0 Å². The topological polar surface area (TPSA) is 17.4 Å². The number of anilines is 1. The van der Waals surface area contributed by atoms with Crippen molar-refractivity contribution in [3.8, 4) is 0 Å². The summed E-state index contributed by atoms with van der Waals surface area (Å²) < 4.78 is 7.97. The van der Waals surface area contributed by atoms with Gasteiger partial charge in [0.2, 0.25) is 0 Å². The molecule has 4 rings (SSSR count). The van der Waals surface area contributed by atoms with E-state index in [2.05, 4.69) is 34.7 Å². The minimum absolute atomic E-state index is 0.680. The summed E-state index contributed by atoms with van der Waals surface area (Å²) in [5, 5.41) is 1.41. The average Bonchev–Trinajstić information content (AvgIpc) is 2.88. The minimum Gasteiger partial charge on any atom is -0.346 e. The van der Waals surface area contributed by atoms with Crippen molar-refractivity contribution in [3.05, 3.63) is 29.5 Å². The van der Waals surface area contributed by atoms with Crippen LogP contribution in [-0.4, -0.2) is 17.8 Å². The van der Waals surface area contributed by atoms with E-state index in [0.29, 0.717) is 6.73 Å². The molecule has 0 N–H and O–H groups in total. The highest BCUT2D eigenvalue weighted by atomic mass is 16.5. The van der Waals surface area contributed by atoms with Gasteiger partial charge in [0.1, 0.15) is 13.5 Å². The van der Waals surface area contributed by atoms with E-state index in [4.69, 9.17) is 4.74 Å². The summed E-state index contributed by atoms with van der Waals surface area (Å²) in [6.45, 7) is 4.75. The molecule has 2 aliphatic rings. The van der Waals surface area contributed by atoms with Crippen LogP contribution in [-0.2, 0) is 24.3 Å². The third kappa shape index (κ3) is 1.15. The molecular weight excluding hydrogens is 212 g/mol. The van der Waals surface area contributed by atoms with Crippen LogP contribution in [0.3, 0.4) is 0 Å². The summed E-state index contributed by atoms with van der Waals surface area (Å²) in [6, 6.07) is 4.63. The number of nitrogens with zero attached hydrogens (tertiary/aromatic N) is 2. The number of hydrogen-bond donors (Lipinski definition) is 0. The van der Waals surface area contributed by atoms with E-state index in [-0.39, 0.29) is 0 Å². The summed E-state index contributed by atoms with van der Waals surface area (Å²) in [5.41, 5.74) is 5.77. The van der Waals surface area contributed by atoms with Crippen molar-refractivity contribution in [2.75, 3.05) is 18.2 Å². The van der Waals surface area contributed by atoms with Gasteiger partial charge in [-0.25, -0.2) is 0 Å². The highest BCUT2D eigenvalue weighted by Crippen LogP contribution is 2.39. The number of hydrogen-bond acceptors (Lipinski definition) is 2. The van der Waals surface area contributed by atoms with Gasteiger partial charge in [-0.3, -0.25) is 0 Å². The number of aromatic nitrogens is 1. The summed E-state index contributed by atoms with van der Waals surface area (Å²) in [5.74, 6) is 0. The van der Waals surface area contributed by atoms with E-state index in [1.54, 1.807) is 0 Å². The quantitative estimate of drug-likeness (QED) is 0.746. The SMILES string of the molecule is CCc1cc2c3c4c1ccn4COCN3CC2. The van der Waals surface area contributed by atoms with E-state index in [1.807, 2.05) is 0 Å². The van der Waals surface area contributed by atoms with Crippen LogP contribution < -0.4 is 4.90 Å². The molecule has 3 heteroatoms. The van der Waals surface area contributed by atoms with Crippen LogP contribution in [0.1, 0.15) is 18.1 Å². The second-order valence-corrected chi connectivity index (χ2v) is 4.92. The van der Waals surface area contributed by atoms with E-state index in [0.717, 1.165) is 26.1 Å². The first-order chi connectivity index (χ1) is 8.38. The van der Waals surface area contributed by atoms with Gasteiger partial charge in [-0.2, -0.15) is 0 Å². The Morgan fingerprint density at radius 1 is 1.35 bits per heavy atom. The molecule has 2 aromatic rings. The molecule has 2 aliphatic heterocycles. The van der Waals surface area contributed by atoms with E-state index < -0.39 is 0 Å². The number of rotatable bonds is 1. The van der Waals surface area contributed by atoms with Crippen molar-refractivity contribution in [2.45, 2.75) is 26.5 Å². The summed E-state index contributed by atoms with van der Waals surface area (Å²) >= 11 is 0. The highest BCUT2D eigenvalue weighted by molar-refractivity contribution is 5.97. The molecule has 0 bridgehead atoms. The van der Waals surface area contributed by atoms with Gasteiger partial charge in [-0.15, -0.1) is 0 Å². The van der Waals surface area contributed by atoms with Crippen LogP contribution >= 0.6 is 0 Å². The van der Waals surface area contributed by atoms with Gasteiger partial charge in [0.15, 0.2) is 0 Å². The molecule has 0 unspecified atom stereocenters. The van der Waals surface area contributed by atoms with Gasteiger partial charge in [0.25, 0.3) is 0 Å². The molecule has 0 spiro atoms. The smallest absolute Gasteiger partial charge is 0.125 e. The van der Waals surface area contributed by atoms with Crippen LogP contribution in [0.5, 0.6) is 0 Å². The lowest BCUT2D eigenvalue weighted by molar-refractivity contribution is 0.0847. The first-order valence-electron chi connectivity index (χ1n) is 6.35. The van der Waals surface area contributed by atoms with E-state index in [1.165, 1.54) is 27.7 Å². The van der Waals surface area contributed by atoms with Gasteiger partial charge in [0, 0.05) is 18.1 Å². The van der Waals surface area contributed by atoms with Crippen molar-refractivity contribution < 1.29 is 4.74 Å². The molecule has 0 atom stereocenters. The fourth-order valence-electron chi connectivity index (χ4n) is 3.19. The Kier molecular flexibility index (Phi) is 1.83. The second kappa shape index (κ2) is 3.26. The van der Waals surface area contributed by atoms with E-state index >= 15 is 0 Å². The fourth-order valence-corrected chi connectivity index (χ4v) is 3.19. The average molecular weight is 228 g/mol. The summed E-state index contributed by atoms with van der Waals surface area (Å²) in [4.78, 5) is 2.38. The molecule has 0 fully saturated rings. The molecule has 88 valence electrons. The van der Waals surface area contributed by atoms with Crippen molar-refractivity contribution in [3.63, 3.8) is 0 Å². The van der Waals surface area contributed by atoms with Gasteiger partial charge in [-0.1, -0.05) is 13.0 Å². The lowest BCUT2D eigenvalue weighted by Crippen LogP contribution is -2.22. The van der Waals surface area contributed by atoms with Crippen molar-refractivity contribution in [1.82, 2.24) is 4.57 Å². The lowest BCUT2D eigenvalue weighted by Gasteiger charge is -2.17. The van der Waals surface area contributed by atoms with Crippen molar-refractivity contribution >= 4 is 16.6 Å². The number of aryl methyl sites for hydroxylation is 1. The largest absolute Gasteiger partial charge is 0.346 e. The third-order valence-corrected chi connectivity index (χ3v) is 4.01. The van der Waals surface area contributed by atoms with Crippen LogP contribution in [0.15, 0.2) is 18.3 Å². The van der Waals surface area contributed by atoms with Crippen LogP contribution in [0.4, 0.5) is 5.69 Å². The van der Waals surface area contributed by atoms with Gasteiger partial charge in [-0.05, 0) is 30.0 Å². The lowest BCUT2D eigenvalue weighted by atomic mass is 10.0. The van der Waals surface area contributed by atoms with Gasteiger partial charge < -0.3 is 14.2 Å². The predicted molar refractivity (Wildman–Crippen MR) is 68.3 cm³/mol. The first kappa shape index (κ1) is 9.54. The maximum Gasteiger partial charge on any atom is 0.125 e. The van der Waals surface area contributed by atoms with Crippen LogP contribution in [0.25, 0.3) is 10.9 Å². The summed E-state index contributed by atoms with van der Waals surface area (Å²) in [6.07, 6.45) is 4.42. The Morgan fingerprint density at radius 3 is 3.18 bits per heavy atom. The van der Waals surface area contributed by atoms with Crippen molar-refractivity contribution in [1.29, 1.82) is 0 Å². The Morgan fingerprint density at radius 2 is 2.29 bits per heavy atom. The standard InChI is InChI=1S/C14H16N2O/c1-2-10-7-11-3-5-15-8-17-9-16-6-4-12(10)14(16)13(11)15/h4,6-7H,2-3,5,8-9H2,1H3. The Bertz CT molecular complexity index is 600. The molecule has 1 aromatic heterocycles. The first-order valence-corrected chi connectivity index (χ1v) is 6.35. The Hall–Kier alpha value is -1.48. The summed E-state index contributed by atoms with van der Waals surface area (Å²) in [7, 11) is 0. The molecule has 0 saturated carbocycles. The molecule has 3 nitrogen and oxygen atoms in total. The van der Waals surface area contributed by atoms with E-state index in [9.17, 15) is 0 Å². The fraction of sp³-hybridized carbons (Fsp3) is 0.429. The molecular formula is C14H16N2O. The van der Waals surface area contributed by atoms with Gasteiger partial charge >= 0.3 is 0 Å². The van der Waals surface area contributed by atoms with Gasteiger partial charge in [0.05, 0.1) is 11.2 Å². The molecule has 0 saturated heterocycles. The maximum atomic E-state index is 5.72.